The van der Waals surface area contributed by atoms with Crippen molar-refractivity contribution in [3.05, 3.63) is 94.4 Å². The van der Waals surface area contributed by atoms with Crippen molar-refractivity contribution in [1.82, 2.24) is 9.97 Å². The fourth-order valence-electron chi connectivity index (χ4n) is 3.20. The molecule has 2 aromatic heterocycles. The summed E-state index contributed by atoms with van der Waals surface area (Å²) in [7, 11) is 0. The minimum Gasteiger partial charge on any atom is -0.452 e. The first-order valence-corrected chi connectivity index (χ1v) is 9.28. The number of hydrogen-bond acceptors (Lipinski definition) is 5. The van der Waals surface area contributed by atoms with Gasteiger partial charge in [0.25, 0.3) is 0 Å². The largest absolute Gasteiger partial charge is 0.452 e. The minimum absolute atomic E-state index is 0.0284. The number of nitrogens with zero attached hydrogens (tertiary/aromatic N) is 2. The van der Waals surface area contributed by atoms with E-state index in [9.17, 15) is 4.79 Å². The van der Waals surface area contributed by atoms with Gasteiger partial charge in [0.1, 0.15) is 11.9 Å². The first-order valence-electron chi connectivity index (χ1n) is 8.91. The number of halogens is 1. The van der Waals surface area contributed by atoms with Gasteiger partial charge in [-0.15, -0.1) is 0 Å². The van der Waals surface area contributed by atoms with E-state index in [0.717, 1.165) is 0 Å². The van der Waals surface area contributed by atoms with Crippen LogP contribution in [-0.2, 0) is 0 Å². The molecule has 6 heteroatoms. The highest BCUT2D eigenvalue weighted by atomic mass is 35.5. The van der Waals surface area contributed by atoms with Crippen molar-refractivity contribution in [3.8, 4) is 23.0 Å². The molecule has 0 aliphatic heterocycles. The number of rotatable bonds is 3. The van der Waals surface area contributed by atoms with E-state index in [1.807, 2.05) is 36.4 Å². The summed E-state index contributed by atoms with van der Waals surface area (Å²) in [5, 5.41) is 1.55. The first-order chi connectivity index (χ1) is 14.2. The second-order valence-corrected chi connectivity index (χ2v) is 6.77. The van der Waals surface area contributed by atoms with Gasteiger partial charge in [-0.1, -0.05) is 48.0 Å². The molecule has 5 aromatic rings. The summed E-state index contributed by atoms with van der Waals surface area (Å²) in [5.74, 6) is 0.550. The molecule has 0 amide bonds. The summed E-state index contributed by atoms with van der Waals surface area (Å²) in [4.78, 5) is 21.8. The monoisotopic (exact) mass is 400 g/mol. The molecule has 0 N–H and O–H groups in total. The second kappa shape index (κ2) is 7.04. The number of para-hydroxylation sites is 2. The van der Waals surface area contributed by atoms with Crippen LogP contribution in [-0.4, -0.2) is 9.97 Å². The maximum Gasteiger partial charge on any atom is 0.235 e. The highest BCUT2D eigenvalue weighted by Gasteiger charge is 2.21. The third kappa shape index (κ3) is 3.02. The molecule has 3 aromatic carbocycles. The Bertz CT molecular complexity index is 1420. The predicted molar refractivity (Wildman–Crippen MR) is 113 cm³/mol. The van der Waals surface area contributed by atoms with Gasteiger partial charge < -0.3 is 9.15 Å². The Morgan fingerprint density at radius 3 is 2.41 bits per heavy atom. The molecule has 5 nitrogen and oxygen atoms in total. The minimum atomic E-state index is -0.301. The fraction of sp³-hybridized carbons (Fsp3) is 0. The molecule has 0 saturated carbocycles. The predicted octanol–water partition coefficient (Wildman–Crippen LogP) is 5.85. The molecule has 5 rings (SSSR count). The van der Waals surface area contributed by atoms with Crippen LogP contribution in [0.5, 0.6) is 11.6 Å². The number of fused-ring (bicyclic) bond motifs is 2. The normalized spacial score (nSPS) is 11.1. The molecular weight excluding hydrogens is 388 g/mol. The van der Waals surface area contributed by atoms with Crippen molar-refractivity contribution in [2.45, 2.75) is 0 Å². The van der Waals surface area contributed by atoms with Crippen LogP contribution in [0.2, 0.25) is 5.02 Å². The average molecular weight is 401 g/mol. The number of hydrogen-bond donors (Lipinski definition) is 0. The van der Waals surface area contributed by atoms with Gasteiger partial charge in [0.15, 0.2) is 5.76 Å². The Labute approximate surface area is 170 Å². The fourth-order valence-corrected chi connectivity index (χ4v) is 3.42. The third-order valence-corrected chi connectivity index (χ3v) is 4.91. The Hall–Kier alpha value is -3.70. The van der Waals surface area contributed by atoms with E-state index in [0.29, 0.717) is 32.5 Å². The molecule has 0 aliphatic rings. The zero-order valence-electron chi connectivity index (χ0n) is 15.0. The van der Waals surface area contributed by atoms with Crippen molar-refractivity contribution in [1.29, 1.82) is 0 Å². The second-order valence-electron chi connectivity index (χ2n) is 6.36. The molecular formula is C23H13ClN2O3. The van der Waals surface area contributed by atoms with Gasteiger partial charge in [-0.2, -0.15) is 0 Å². The van der Waals surface area contributed by atoms with E-state index in [-0.39, 0.29) is 22.8 Å². The van der Waals surface area contributed by atoms with E-state index in [1.165, 1.54) is 6.33 Å². The van der Waals surface area contributed by atoms with E-state index in [1.54, 1.807) is 36.4 Å². The smallest absolute Gasteiger partial charge is 0.235 e. The van der Waals surface area contributed by atoms with Crippen LogP contribution in [0.3, 0.4) is 0 Å². The van der Waals surface area contributed by atoms with Gasteiger partial charge >= 0.3 is 0 Å². The van der Waals surface area contributed by atoms with E-state index >= 15 is 0 Å². The first kappa shape index (κ1) is 17.4. The van der Waals surface area contributed by atoms with Gasteiger partial charge in [0.2, 0.25) is 17.1 Å². The highest BCUT2D eigenvalue weighted by molar-refractivity contribution is 6.33. The Balaban J connectivity index is 1.80. The van der Waals surface area contributed by atoms with Crippen LogP contribution < -0.4 is 10.2 Å². The Kier molecular flexibility index (Phi) is 4.22. The van der Waals surface area contributed by atoms with Gasteiger partial charge in [-0.05, 0) is 36.4 Å². The van der Waals surface area contributed by atoms with Gasteiger partial charge in [-0.25, -0.2) is 9.97 Å². The lowest BCUT2D eigenvalue weighted by Crippen LogP contribution is -2.08. The molecule has 0 spiro atoms. The molecule has 0 atom stereocenters. The summed E-state index contributed by atoms with van der Waals surface area (Å²) in [5.41, 5.74) is 1.42. The standard InChI is InChI=1S/C23H13ClN2O3/c24-17-10-4-1-7-14(17)21-22(20(27)16-9-3-6-12-19(16)28-21)29-23-15-8-2-5-11-18(15)25-13-26-23/h1-13H. The van der Waals surface area contributed by atoms with Crippen LogP contribution in [0, 0.1) is 0 Å². The van der Waals surface area contributed by atoms with Crippen LogP contribution in [0.15, 0.2) is 88.3 Å². The summed E-state index contributed by atoms with van der Waals surface area (Å²) in [6.07, 6.45) is 1.40. The topological polar surface area (TPSA) is 65.2 Å². The third-order valence-electron chi connectivity index (χ3n) is 4.58. The molecule has 0 fully saturated rings. The maximum atomic E-state index is 13.3. The van der Waals surface area contributed by atoms with Crippen LogP contribution in [0.1, 0.15) is 0 Å². The molecule has 0 radical (unpaired) electrons. The van der Waals surface area contributed by atoms with Gasteiger partial charge in [0, 0.05) is 5.56 Å². The van der Waals surface area contributed by atoms with Crippen LogP contribution in [0.4, 0.5) is 0 Å². The Morgan fingerprint density at radius 2 is 1.55 bits per heavy atom. The molecule has 2 heterocycles. The van der Waals surface area contributed by atoms with Crippen LogP contribution >= 0.6 is 11.6 Å². The lowest BCUT2D eigenvalue weighted by atomic mass is 10.1. The number of benzene rings is 3. The lowest BCUT2D eigenvalue weighted by molar-refractivity contribution is 0.446. The van der Waals surface area contributed by atoms with Crippen LogP contribution in [0.25, 0.3) is 33.2 Å². The van der Waals surface area contributed by atoms with Crippen molar-refractivity contribution in [3.63, 3.8) is 0 Å². The number of ether oxygens (including phenoxy) is 1. The molecule has 0 bridgehead atoms. The highest BCUT2D eigenvalue weighted by Crippen LogP contribution is 2.37. The Morgan fingerprint density at radius 1 is 0.828 bits per heavy atom. The zero-order chi connectivity index (χ0) is 19.8. The summed E-state index contributed by atoms with van der Waals surface area (Å²) in [6, 6.07) is 21.6. The SMILES string of the molecule is O=c1c(Oc2ncnc3ccccc23)c(-c2ccccc2Cl)oc2ccccc12. The molecule has 140 valence electrons. The maximum absolute atomic E-state index is 13.3. The van der Waals surface area contributed by atoms with Crippen molar-refractivity contribution in [2.75, 3.05) is 0 Å². The molecule has 0 aliphatic carbocycles. The van der Waals surface area contributed by atoms with Crippen molar-refractivity contribution >= 4 is 33.5 Å². The zero-order valence-corrected chi connectivity index (χ0v) is 15.8. The van der Waals surface area contributed by atoms with E-state index in [4.69, 9.17) is 20.8 Å². The van der Waals surface area contributed by atoms with E-state index in [2.05, 4.69) is 9.97 Å². The summed E-state index contributed by atoms with van der Waals surface area (Å²) in [6.45, 7) is 0. The van der Waals surface area contributed by atoms with Crippen molar-refractivity contribution in [2.24, 2.45) is 0 Å². The lowest BCUT2D eigenvalue weighted by Gasteiger charge is -2.12. The van der Waals surface area contributed by atoms with Crippen molar-refractivity contribution < 1.29 is 9.15 Å². The molecule has 0 saturated heterocycles. The summed E-state index contributed by atoms with van der Waals surface area (Å²) < 4.78 is 12.1. The molecule has 29 heavy (non-hydrogen) atoms. The van der Waals surface area contributed by atoms with Gasteiger partial charge in [0.05, 0.1) is 21.3 Å². The quantitative estimate of drug-likeness (QED) is 0.380. The number of aromatic nitrogens is 2. The molecule has 0 unspecified atom stereocenters. The average Bonchev–Trinajstić information content (AvgIpc) is 2.76. The van der Waals surface area contributed by atoms with E-state index < -0.39 is 0 Å². The summed E-state index contributed by atoms with van der Waals surface area (Å²) >= 11 is 6.39. The van der Waals surface area contributed by atoms with Gasteiger partial charge in [-0.3, -0.25) is 4.79 Å².